The van der Waals surface area contributed by atoms with E-state index in [4.69, 9.17) is 10.2 Å². The maximum Gasteiger partial charge on any atom is 0.335 e. The van der Waals surface area contributed by atoms with Crippen LogP contribution in [0.25, 0.3) is 0 Å². The molecule has 0 aliphatic carbocycles. The molecule has 4 N–H and O–H groups in total. The normalized spacial score (nSPS) is 12.3. The van der Waals surface area contributed by atoms with Gasteiger partial charge in [-0.15, -0.1) is 0 Å². The summed E-state index contributed by atoms with van der Waals surface area (Å²) >= 11 is 0. The highest BCUT2D eigenvalue weighted by Gasteiger charge is 2.15. The van der Waals surface area contributed by atoms with E-state index in [0.717, 1.165) is 24.3 Å². The Labute approximate surface area is 110 Å². The lowest BCUT2D eigenvalue weighted by molar-refractivity contribution is 0.0696. The minimum Gasteiger partial charge on any atom is -0.478 e. The molecule has 0 bridgehead atoms. The highest BCUT2D eigenvalue weighted by atomic mass is 32.2. The van der Waals surface area contributed by atoms with E-state index >= 15 is 0 Å². The van der Waals surface area contributed by atoms with Crippen molar-refractivity contribution >= 4 is 26.0 Å². The number of nitrogens with two attached hydrogens (primary N) is 1. The predicted molar refractivity (Wildman–Crippen MR) is 66.6 cm³/mol. The molecular formula is C9H12N2O6S2. The zero-order chi connectivity index (χ0) is 14.7. The maximum atomic E-state index is 11.7. The van der Waals surface area contributed by atoms with Crippen molar-refractivity contribution in [1.82, 2.24) is 4.72 Å². The summed E-state index contributed by atoms with van der Waals surface area (Å²) in [5, 5.41) is 13.4. The number of aromatic carboxylic acids is 1. The second-order valence-electron chi connectivity index (χ2n) is 3.59. The quantitative estimate of drug-likeness (QED) is 0.612. The zero-order valence-corrected chi connectivity index (χ0v) is 11.2. The highest BCUT2D eigenvalue weighted by molar-refractivity contribution is 7.90. The number of carbonyl (C=O) groups is 1. The Bertz CT molecular complexity index is 663. The van der Waals surface area contributed by atoms with Crippen LogP contribution in [-0.2, 0) is 20.0 Å². The molecule has 0 radical (unpaired) electrons. The first kappa shape index (κ1) is 15.6. The van der Waals surface area contributed by atoms with Crippen LogP contribution in [0.1, 0.15) is 10.4 Å². The molecule has 0 amide bonds. The van der Waals surface area contributed by atoms with Gasteiger partial charge < -0.3 is 5.11 Å². The number of primary sulfonamides is 1. The summed E-state index contributed by atoms with van der Waals surface area (Å²) in [5.41, 5.74) is -0.0523. The van der Waals surface area contributed by atoms with Crippen molar-refractivity contribution in [3.63, 3.8) is 0 Å². The number of hydrogen-bond donors (Lipinski definition) is 3. The van der Waals surface area contributed by atoms with Gasteiger partial charge in [-0.3, -0.25) is 0 Å². The Hall–Kier alpha value is -1.49. The van der Waals surface area contributed by atoms with E-state index in [0.29, 0.717) is 0 Å². The van der Waals surface area contributed by atoms with Crippen LogP contribution < -0.4 is 9.86 Å². The molecule has 10 heteroatoms. The lowest BCUT2D eigenvalue weighted by atomic mass is 10.2. The van der Waals surface area contributed by atoms with Gasteiger partial charge in [0.15, 0.2) is 0 Å². The van der Waals surface area contributed by atoms with Crippen molar-refractivity contribution in [1.29, 1.82) is 0 Å². The molecule has 0 saturated heterocycles. The second-order valence-corrected chi connectivity index (χ2v) is 7.10. The fraction of sp³-hybridized carbons (Fsp3) is 0.222. The van der Waals surface area contributed by atoms with E-state index in [-0.39, 0.29) is 17.0 Å². The van der Waals surface area contributed by atoms with Crippen LogP contribution >= 0.6 is 0 Å². The standard InChI is InChI=1S/C9H12N2O6S2/c10-18(14,15)6-5-11-19(16,17)8-3-1-7(2-4-8)9(12)13/h1-4,11H,5-6H2,(H,12,13)(H2,10,14,15). The Morgan fingerprint density at radius 1 is 1.16 bits per heavy atom. The van der Waals surface area contributed by atoms with Gasteiger partial charge in [0.05, 0.1) is 16.2 Å². The fourth-order valence-corrected chi connectivity index (χ4v) is 2.73. The van der Waals surface area contributed by atoms with Crippen LogP contribution in [-0.4, -0.2) is 40.2 Å². The summed E-state index contributed by atoms with van der Waals surface area (Å²) in [6.45, 7) is -0.359. The lowest BCUT2D eigenvalue weighted by Gasteiger charge is -2.06. The van der Waals surface area contributed by atoms with Crippen molar-refractivity contribution in [2.24, 2.45) is 5.14 Å². The zero-order valence-electron chi connectivity index (χ0n) is 9.61. The molecule has 0 atom stereocenters. The molecule has 0 fully saturated rings. The van der Waals surface area contributed by atoms with Gasteiger partial charge in [0.2, 0.25) is 20.0 Å². The van der Waals surface area contributed by atoms with Crippen LogP contribution in [0.5, 0.6) is 0 Å². The average Bonchev–Trinajstić information content (AvgIpc) is 2.27. The Morgan fingerprint density at radius 3 is 2.11 bits per heavy atom. The summed E-state index contributed by atoms with van der Waals surface area (Å²) in [6.07, 6.45) is 0. The Balaban J connectivity index is 2.80. The molecule has 106 valence electrons. The van der Waals surface area contributed by atoms with E-state index in [9.17, 15) is 21.6 Å². The van der Waals surface area contributed by atoms with Gasteiger partial charge in [0, 0.05) is 6.54 Å². The molecule has 0 aromatic heterocycles. The third-order valence-corrected chi connectivity index (χ3v) is 4.34. The first-order valence-corrected chi connectivity index (χ1v) is 8.15. The Kier molecular flexibility index (Phi) is 4.63. The van der Waals surface area contributed by atoms with Crippen LogP contribution in [0.15, 0.2) is 29.2 Å². The number of rotatable bonds is 6. The number of nitrogens with one attached hydrogen (secondary N) is 1. The maximum absolute atomic E-state index is 11.7. The predicted octanol–water partition coefficient (Wildman–Crippen LogP) is -1.05. The summed E-state index contributed by atoms with van der Waals surface area (Å²) < 4.78 is 46.8. The molecule has 1 aromatic carbocycles. The van der Waals surface area contributed by atoms with Gasteiger partial charge in [0.1, 0.15) is 0 Å². The minimum absolute atomic E-state index is 0.0523. The van der Waals surface area contributed by atoms with Gasteiger partial charge in [-0.1, -0.05) is 0 Å². The number of carboxylic acid groups (broad SMARTS) is 1. The molecule has 0 spiro atoms. The smallest absolute Gasteiger partial charge is 0.335 e. The molecule has 1 aromatic rings. The molecule has 0 unspecified atom stereocenters. The van der Waals surface area contributed by atoms with E-state index < -0.39 is 31.8 Å². The average molecular weight is 308 g/mol. The topological polar surface area (TPSA) is 144 Å². The van der Waals surface area contributed by atoms with E-state index in [1.807, 2.05) is 4.72 Å². The largest absolute Gasteiger partial charge is 0.478 e. The fourth-order valence-electron chi connectivity index (χ4n) is 1.18. The van der Waals surface area contributed by atoms with Gasteiger partial charge in [-0.25, -0.2) is 31.5 Å². The van der Waals surface area contributed by atoms with E-state index in [2.05, 4.69) is 0 Å². The van der Waals surface area contributed by atoms with Gasteiger partial charge in [-0.2, -0.15) is 0 Å². The van der Waals surface area contributed by atoms with Crippen molar-refractivity contribution in [3.05, 3.63) is 29.8 Å². The van der Waals surface area contributed by atoms with Crippen molar-refractivity contribution in [2.45, 2.75) is 4.90 Å². The first-order chi connectivity index (χ1) is 8.62. The number of carboxylic acids is 1. The number of benzene rings is 1. The lowest BCUT2D eigenvalue weighted by Crippen LogP contribution is -2.31. The summed E-state index contributed by atoms with van der Waals surface area (Å²) in [7, 11) is -7.64. The van der Waals surface area contributed by atoms with Crippen LogP contribution in [0.2, 0.25) is 0 Å². The van der Waals surface area contributed by atoms with Crippen LogP contribution in [0.4, 0.5) is 0 Å². The highest BCUT2D eigenvalue weighted by Crippen LogP contribution is 2.10. The number of hydrogen-bond acceptors (Lipinski definition) is 5. The van der Waals surface area contributed by atoms with Crippen LogP contribution in [0.3, 0.4) is 0 Å². The first-order valence-electron chi connectivity index (χ1n) is 4.95. The number of sulfonamides is 2. The molecule has 0 heterocycles. The van der Waals surface area contributed by atoms with Crippen molar-refractivity contribution in [3.8, 4) is 0 Å². The van der Waals surface area contributed by atoms with E-state index in [1.165, 1.54) is 0 Å². The molecule has 19 heavy (non-hydrogen) atoms. The molecule has 8 nitrogen and oxygen atoms in total. The molecule has 0 saturated carbocycles. The Morgan fingerprint density at radius 2 is 1.68 bits per heavy atom. The van der Waals surface area contributed by atoms with Gasteiger partial charge in [-0.05, 0) is 24.3 Å². The molecule has 0 aliphatic heterocycles. The SMILES string of the molecule is NS(=O)(=O)CCNS(=O)(=O)c1ccc(C(=O)O)cc1. The van der Waals surface area contributed by atoms with Gasteiger partial charge in [0.25, 0.3) is 0 Å². The van der Waals surface area contributed by atoms with Gasteiger partial charge >= 0.3 is 5.97 Å². The second kappa shape index (κ2) is 5.65. The summed E-state index contributed by atoms with van der Waals surface area (Å²) in [6, 6.07) is 4.50. The monoisotopic (exact) mass is 308 g/mol. The third-order valence-electron chi connectivity index (χ3n) is 2.09. The third kappa shape index (κ3) is 4.95. The summed E-state index contributed by atoms with van der Waals surface area (Å²) in [4.78, 5) is 10.4. The minimum atomic E-state index is -3.89. The van der Waals surface area contributed by atoms with Crippen molar-refractivity contribution in [2.75, 3.05) is 12.3 Å². The van der Waals surface area contributed by atoms with E-state index in [1.54, 1.807) is 0 Å². The van der Waals surface area contributed by atoms with Crippen molar-refractivity contribution < 1.29 is 26.7 Å². The molecular weight excluding hydrogens is 296 g/mol. The molecule has 0 aliphatic rings. The summed E-state index contributed by atoms with van der Waals surface area (Å²) in [5.74, 6) is -1.70. The molecule has 1 rings (SSSR count). The van der Waals surface area contributed by atoms with Crippen LogP contribution in [0, 0.1) is 0 Å².